The number of carbonyl (C=O) groups is 3. The molecule has 0 radical (unpaired) electrons. The van der Waals surface area contributed by atoms with Crippen molar-refractivity contribution in [3.05, 3.63) is 52.9 Å². The van der Waals surface area contributed by atoms with Crippen molar-refractivity contribution in [1.29, 1.82) is 5.26 Å². The van der Waals surface area contributed by atoms with Crippen LogP contribution in [0, 0.1) is 24.2 Å². The lowest BCUT2D eigenvalue weighted by Gasteiger charge is -2.30. The highest BCUT2D eigenvalue weighted by Crippen LogP contribution is 2.31. The van der Waals surface area contributed by atoms with E-state index in [0.717, 1.165) is 0 Å². The molecule has 2 aromatic rings. The van der Waals surface area contributed by atoms with E-state index in [-0.39, 0.29) is 37.1 Å². The van der Waals surface area contributed by atoms with Gasteiger partial charge in [0.25, 0.3) is 0 Å². The maximum atomic E-state index is 13.6. The number of benzene rings is 1. The highest BCUT2D eigenvalue weighted by Gasteiger charge is 2.43. The largest absolute Gasteiger partial charge is 0.391 e. The number of nitrogens with one attached hydrogen (secondary N) is 2. The summed E-state index contributed by atoms with van der Waals surface area (Å²) in [6.45, 7) is 5.54. The number of aliphatic hydroxyl groups excluding tert-OH is 1. The van der Waals surface area contributed by atoms with E-state index in [1.54, 1.807) is 37.3 Å². The lowest BCUT2D eigenvalue weighted by molar-refractivity contribution is -0.141. The van der Waals surface area contributed by atoms with Gasteiger partial charge in [-0.05, 0) is 30.5 Å². The van der Waals surface area contributed by atoms with Crippen molar-refractivity contribution in [3.8, 4) is 6.07 Å². The Morgan fingerprint density at radius 1 is 1.29 bits per heavy atom. The van der Waals surface area contributed by atoms with Gasteiger partial charge in [-0.25, -0.2) is 0 Å². The average Bonchev–Trinajstić information content (AvgIpc) is 3.43. The van der Waals surface area contributed by atoms with Crippen LogP contribution in [0.2, 0.25) is 0 Å². The molecule has 10 nitrogen and oxygen atoms in total. The minimum atomic E-state index is -0.909. The number of β-amino-alcohol motifs (C(OH)–C–C–N with tert-alkyl or cyclic N) is 1. The number of aromatic nitrogens is 1. The maximum Gasteiger partial charge on any atom is 0.243 e. The fourth-order valence-corrected chi connectivity index (χ4v) is 4.35. The molecule has 1 aliphatic rings. The van der Waals surface area contributed by atoms with E-state index >= 15 is 0 Å². The van der Waals surface area contributed by atoms with Gasteiger partial charge < -0.3 is 25.2 Å². The van der Waals surface area contributed by atoms with Gasteiger partial charge in [0.2, 0.25) is 17.7 Å². The van der Waals surface area contributed by atoms with Crippen molar-refractivity contribution in [2.24, 2.45) is 5.92 Å². The molecule has 3 amide bonds. The fourth-order valence-electron chi connectivity index (χ4n) is 4.35. The standard InChI is InChI=1S/C25H31N5O5/c1-14(2)23(21-9-15(3)29-35-21)25(34)30-13-18(31)10-20(30)24(33)28-19(11-22(32)27-4)17-7-5-16(12-26)6-8-17/h5-9,14,18-20,23,31H,10-11,13H2,1-4H3,(H,27,32)(H,28,33)/t18-,19+,20+,23-/m1/s1. The summed E-state index contributed by atoms with van der Waals surface area (Å²) in [5.74, 6) is -1.44. The molecule has 10 heteroatoms. The van der Waals surface area contributed by atoms with Gasteiger partial charge in [-0.15, -0.1) is 0 Å². The zero-order valence-electron chi connectivity index (χ0n) is 20.3. The second-order valence-electron chi connectivity index (χ2n) is 9.16. The summed E-state index contributed by atoms with van der Waals surface area (Å²) in [6.07, 6.45) is -0.799. The first kappa shape index (κ1) is 25.9. The van der Waals surface area contributed by atoms with Crippen molar-refractivity contribution >= 4 is 17.7 Å². The molecule has 0 unspecified atom stereocenters. The number of likely N-dealkylation sites (tertiary alicyclic amines) is 1. The third-order valence-corrected chi connectivity index (χ3v) is 6.18. The first-order chi connectivity index (χ1) is 16.6. The van der Waals surface area contributed by atoms with E-state index in [4.69, 9.17) is 9.78 Å². The summed E-state index contributed by atoms with van der Waals surface area (Å²) in [4.78, 5) is 40.5. The Kier molecular flexibility index (Phi) is 8.25. The van der Waals surface area contributed by atoms with Gasteiger partial charge in [0.15, 0.2) is 0 Å². The van der Waals surface area contributed by atoms with Crippen molar-refractivity contribution in [2.45, 2.75) is 57.7 Å². The zero-order chi connectivity index (χ0) is 25.7. The molecular formula is C25H31N5O5. The predicted octanol–water partition coefficient (Wildman–Crippen LogP) is 1.55. The van der Waals surface area contributed by atoms with E-state index in [9.17, 15) is 19.5 Å². The predicted molar refractivity (Wildman–Crippen MR) is 126 cm³/mol. The lowest BCUT2D eigenvalue weighted by atomic mass is 9.91. The molecule has 1 aliphatic heterocycles. The highest BCUT2D eigenvalue weighted by molar-refractivity contribution is 5.91. The number of carbonyl (C=O) groups excluding carboxylic acids is 3. The summed E-state index contributed by atoms with van der Waals surface area (Å²) < 4.78 is 5.36. The monoisotopic (exact) mass is 481 g/mol. The molecule has 3 N–H and O–H groups in total. The van der Waals surface area contributed by atoms with Crippen LogP contribution < -0.4 is 10.6 Å². The van der Waals surface area contributed by atoms with E-state index < -0.39 is 30.0 Å². The van der Waals surface area contributed by atoms with Crippen LogP contribution >= 0.6 is 0 Å². The first-order valence-corrected chi connectivity index (χ1v) is 11.6. The normalized spacial score (nSPS) is 19.2. The van der Waals surface area contributed by atoms with Gasteiger partial charge in [-0.3, -0.25) is 14.4 Å². The minimum absolute atomic E-state index is 0.0181. The van der Waals surface area contributed by atoms with Gasteiger partial charge in [0, 0.05) is 26.1 Å². The highest BCUT2D eigenvalue weighted by atomic mass is 16.5. The smallest absolute Gasteiger partial charge is 0.243 e. The van der Waals surface area contributed by atoms with Crippen LogP contribution in [0.25, 0.3) is 0 Å². The summed E-state index contributed by atoms with van der Waals surface area (Å²) >= 11 is 0. The Labute approximate surface area is 204 Å². The number of aliphatic hydroxyl groups is 1. The van der Waals surface area contributed by atoms with Crippen molar-refractivity contribution in [2.75, 3.05) is 13.6 Å². The molecule has 4 atom stereocenters. The molecule has 1 aromatic heterocycles. The van der Waals surface area contributed by atoms with Crippen molar-refractivity contribution in [1.82, 2.24) is 20.7 Å². The quantitative estimate of drug-likeness (QED) is 0.518. The topological polar surface area (TPSA) is 149 Å². The van der Waals surface area contributed by atoms with Crippen molar-refractivity contribution < 1.29 is 24.0 Å². The number of hydrogen-bond donors (Lipinski definition) is 3. The van der Waals surface area contributed by atoms with E-state index in [0.29, 0.717) is 22.6 Å². The van der Waals surface area contributed by atoms with Crippen LogP contribution in [0.4, 0.5) is 0 Å². The molecule has 0 saturated carbocycles. The fraction of sp³-hybridized carbons (Fsp3) is 0.480. The van der Waals surface area contributed by atoms with Crippen LogP contribution in [-0.4, -0.2) is 58.6 Å². The lowest BCUT2D eigenvalue weighted by Crippen LogP contribution is -2.49. The Balaban J connectivity index is 1.84. The molecule has 2 heterocycles. The van der Waals surface area contributed by atoms with Gasteiger partial charge in [0.05, 0.1) is 35.9 Å². The Hall–Kier alpha value is -3.71. The number of aryl methyl sites for hydroxylation is 1. The third-order valence-electron chi connectivity index (χ3n) is 6.18. The van der Waals surface area contributed by atoms with Crippen molar-refractivity contribution in [3.63, 3.8) is 0 Å². The second kappa shape index (κ2) is 11.1. The molecule has 0 aliphatic carbocycles. The summed E-state index contributed by atoms with van der Waals surface area (Å²) in [6, 6.07) is 8.74. The van der Waals surface area contributed by atoms with Crippen LogP contribution in [0.1, 0.15) is 61.2 Å². The Morgan fingerprint density at radius 3 is 2.51 bits per heavy atom. The SMILES string of the molecule is CNC(=O)C[C@H](NC(=O)[C@@H]1C[C@@H](O)CN1C(=O)[C@@H](c1cc(C)no1)C(C)C)c1ccc(C#N)cc1. The summed E-state index contributed by atoms with van der Waals surface area (Å²) in [7, 11) is 1.50. The van der Waals surface area contributed by atoms with Gasteiger partial charge >= 0.3 is 0 Å². The Morgan fingerprint density at radius 2 is 1.97 bits per heavy atom. The van der Waals surface area contributed by atoms with Gasteiger partial charge in [0.1, 0.15) is 17.7 Å². The number of hydrogen-bond acceptors (Lipinski definition) is 7. The molecule has 1 fully saturated rings. The molecule has 1 saturated heterocycles. The molecule has 3 rings (SSSR count). The van der Waals surface area contributed by atoms with E-state index in [1.165, 1.54) is 11.9 Å². The molecule has 0 spiro atoms. The molecule has 0 bridgehead atoms. The Bertz CT molecular complexity index is 1100. The van der Waals surface area contributed by atoms with Gasteiger partial charge in [-0.2, -0.15) is 5.26 Å². The van der Waals surface area contributed by atoms with E-state index in [1.807, 2.05) is 19.9 Å². The molecule has 1 aromatic carbocycles. The van der Waals surface area contributed by atoms with E-state index in [2.05, 4.69) is 15.8 Å². The number of nitrogens with zero attached hydrogens (tertiary/aromatic N) is 3. The molecule has 186 valence electrons. The summed E-state index contributed by atoms with van der Waals surface area (Å²) in [5.41, 5.74) is 1.75. The first-order valence-electron chi connectivity index (χ1n) is 11.6. The van der Waals surface area contributed by atoms with Crippen LogP contribution in [-0.2, 0) is 14.4 Å². The third kappa shape index (κ3) is 6.05. The van der Waals surface area contributed by atoms with Crippen LogP contribution in [0.5, 0.6) is 0 Å². The van der Waals surface area contributed by atoms with Gasteiger partial charge in [-0.1, -0.05) is 31.1 Å². The van der Waals surface area contributed by atoms with Crippen LogP contribution in [0.15, 0.2) is 34.9 Å². The summed E-state index contributed by atoms with van der Waals surface area (Å²) in [5, 5.41) is 28.7. The number of nitriles is 1. The van der Waals surface area contributed by atoms with Crippen LogP contribution in [0.3, 0.4) is 0 Å². The molecule has 35 heavy (non-hydrogen) atoms. The average molecular weight is 482 g/mol. The second-order valence-corrected chi connectivity index (χ2v) is 9.16. The number of rotatable bonds is 8. The molecular weight excluding hydrogens is 450 g/mol. The number of amides is 3. The minimum Gasteiger partial charge on any atom is -0.391 e. The zero-order valence-corrected chi connectivity index (χ0v) is 20.3. The maximum absolute atomic E-state index is 13.6.